The van der Waals surface area contributed by atoms with E-state index in [9.17, 15) is 0 Å². The van der Waals surface area contributed by atoms with Crippen LogP contribution in [0.15, 0.2) is 97.1 Å². The topological polar surface area (TPSA) is 9.23 Å². The van der Waals surface area contributed by atoms with Crippen LogP contribution in [0.2, 0.25) is 0 Å². The number of hydrogen-bond acceptors (Lipinski definition) is 1. The average molecular weight is 549 g/mol. The first-order valence-electron chi connectivity index (χ1n) is 9.63. The Balaban J connectivity index is 1.81. The summed E-state index contributed by atoms with van der Waals surface area (Å²) in [7, 11) is 16.0. The second-order valence-electron chi connectivity index (χ2n) is 7.04. The van der Waals surface area contributed by atoms with Crippen LogP contribution >= 0.6 is 17.9 Å². The number of halogens is 2. The Labute approximate surface area is 189 Å². The van der Waals surface area contributed by atoms with Gasteiger partial charge in [0.2, 0.25) is 0 Å². The molecule has 4 rings (SSSR count). The van der Waals surface area contributed by atoms with Crippen molar-refractivity contribution in [2.24, 2.45) is 0 Å². The molecule has 1 nitrogen and oxygen atoms in total. The van der Waals surface area contributed by atoms with Crippen molar-refractivity contribution in [2.45, 2.75) is 6.92 Å². The molecule has 0 heterocycles. The van der Waals surface area contributed by atoms with Gasteiger partial charge in [-0.1, -0.05) is 0 Å². The Morgan fingerprint density at radius 2 is 1.13 bits per heavy atom. The van der Waals surface area contributed by atoms with Gasteiger partial charge in [0.15, 0.2) is 0 Å². The molecule has 30 heavy (non-hydrogen) atoms. The first-order chi connectivity index (χ1) is 14.5. The van der Waals surface area contributed by atoms with Crippen LogP contribution in [-0.4, -0.2) is 23.1 Å². The molecule has 0 fully saturated rings. The Bertz CT molecular complexity index is 1160. The van der Waals surface area contributed by atoms with Gasteiger partial charge in [-0.05, 0) is 0 Å². The second-order valence-corrected chi connectivity index (χ2v) is 19.7. The summed E-state index contributed by atoms with van der Waals surface area (Å²) in [6.45, 7) is 2.12. The number of benzene rings is 4. The summed E-state index contributed by atoms with van der Waals surface area (Å²) in [6.07, 6.45) is 0. The first-order valence-corrected chi connectivity index (χ1v) is 17.9. The van der Waals surface area contributed by atoms with Crippen molar-refractivity contribution < 1.29 is 4.74 Å². The summed E-state index contributed by atoms with van der Waals surface area (Å²) in [4.78, 5) is 0. The molecule has 0 radical (unpaired) electrons. The summed E-state index contributed by atoms with van der Waals surface area (Å²) >= 11 is -3.60. The fourth-order valence-electron chi connectivity index (χ4n) is 3.52. The third kappa shape index (κ3) is 4.25. The molecule has 0 amide bonds. The predicted octanol–water partition coefficient (Wildman–Crippen LogP) is 6.37. The number of hydrogen-bond donors (Lipinski definition) is 0. The van der Waals surface area contributed by atoms with Gasteiger partial charge in [-0.3, -0.25) is 0 Å². The van der Waals surface area contributed by atoms with Crippen LogP contribution in [-0.2, 0) is 0 Å². The van der Waals surface area contributed by atoms with Crippen LogP contribution in [0.1, 0.15) is 5.56 Å². The van der Waals surface area contributed by atoms with E-state index in [0.29, 0.717) is 0 Å². The Morgan fingerprint density at radius 1 is 0.633 bits per heavy atom. The summed E-state index contributed by atoms with van der Waals surface area (Å²) in [5.74, 6) is 0.811. The van der Waals surface area contributed by atoms with E-state index in [4.69, 9.17) is 22.7 Å². The van der Waals surface area contributed by atoms with Crippen molar-refractivity contribution in [1.82, 2.24) is 0 Å². The zero-order chi connectivity index (χ0) is 21.1. The van der Waals surface area contributed by atoms with Crippen molar-refractivity contribution in [3.63, 3.8) is 0 Å². The molecule has 0 atom stereocenters. The van der Waals surface area contributed by atoms with Crippen molar-refractivity contribution in [2.75, 3.05) is 7.11 Å². The Kier molecular flexibility index (Phi) is 6.42. The van der Waals surface area contributed by atoms with E-state index in [1.54, 1.807) is 7.11 Å². The van der Waals surface area contributed by atoms with Crippen molar-refractivity contribution in [3.8, 4) is 28.0 Å². The van der Waals surface area contributed by atoms with Gasteiger partial charge in [0, 0.05) is 0 Å². The molecule has 0 N–H and O–H groups in total. The minimum atomic E-state index is -3.60. The Hall–Kier alpha value is -1.95. The summed E-state index contributed by atoms with van der Waals surface area (Å²) < 4.78 is 7.61. The van der Waals surface area contributed by atoms with E-state index in [-0.39, 0.29) is 0 Å². The third-order valence-corrected chi connectivity index (χ3v) is 14.8. The molecule has 0 spiro atoms. The number of ether oxygens (including phenoxy) is 1. The fourth-order valence-corrected chi connectivity index (χ4v) is 9.75. The molecule has 4 aromatic rings. The molecule has 0 aromatic heterocycles. The van der Waals surface area contributed by atoms with Gasteiger partial charge < -0.3 is 0 Å². The molecule has 0 bridgehead atoms. The fraction of sp³-hybridized carbons (Fsp3) is 0.0769. The van der Waals surface area contributed by atoms with E-state index < -0.39 is 15.9 Å². The van der Waals surface area contributed by atoms with E-state index in [1.807, 2.05) is 48.5 Å². The van der Waals surface area contributed by atoms with Crippen molar-refractivity contribution in [3.05, 3.63) is 103 Å². The van der Waals surface area contributed by atoms with Gasteiger partial charge in [-0.2, -0.15) is 0 Å². The molecule has 0 unspecified atom stereocenters. The number of rotatable bonds is 5. The maximum atomic E-state index is 7.17. The van der Waals surface area contributed by atoms with Crippen LogP contribution in [0.3, 0.4) is 0 Å². The molecule has 0 aliphatic carbocycles. The molecule has 0 saturated heterocycles. The summed E-state index contributed by atoms with van der Waals surface area (Å²) in [5.41, 5.74) is 5.63. The quantitative estimate of drug-likeness (QED) is 0.263. The summed E-state index contributed by atoms with van der Waals surface area (Å²) in [5, 5.41) is 0. The first kappa shape index (κ1) is 21.3. The Morgan fingerprint density at radius 3 is 1.70 bits per heavy atom. The van der Waals surface area contributed by atoms with E-state index in [2.05, 4.69) is 55.5 Å². The second kappa shape index (κ2) is 9.04. The standard InChI is InChI=1S/C26H22Cl2OTe/c1-19-13-14-22(17-24(19)20-9-5-3-6-10-20)30(27,28)23-15-16-26(29-2)25(18-23)21-11-7-4-8-12-21/h3-18H,1-2H3. The summed E-state index contributed by atoms with van der Waals surface area (Å²) in [6, 6.07) is 33.0. The van der Waals surface area contributed by atoms with Gasteiger partial charge in [-0.15, -0.1) is 0 Å². The molecule has 4 heteroatoms. The molecule has 4 aromatic carbocycles. The third-order valence-electron chi connectivity index (χ3n) is 5.14. The molecular formula is C26H22Cl2OTe. The van der Waals surface area contributed by atoms with Crippen LogP contribution in [0, 0.1) is 6.92 Å². The van der Waals surface area contributed by atoms with Gasteiger partial charge in [0.1, 0.15) is 0 Å². The normalized spacial score (nSPS) is 11.9. The SMILES string of the molecule is COc1ccc([Te](Cl)(Cl)c2ccc(C)c(-c3ccccc3)c2)cc1-c1ccccc1. The van der Waals surface area contributed by atoms with Crippen LogP contribution in [0.4, 0.5) is 0 Å². The van der Waals surface area contributed by atoms with Crippen LogP contribution < -0.4 is 12.0 Å². The molecule has 0 aliphatic rings. The van der Waals surface area contributed by atoms with E-state index in [0.717, 1.165) is 24.1 Å². The minimum absolute atomic E-state index is 0.811. The zero-order valence-electron chi connectivity index (χ0n) is 16.8. The van der Waals surface area contributed by atoms with Gasteiger partial charge in [0.25, 0.3) is 0 Å². The molecule has 152 valence electrons. The van der Waals surface area contributed by atoms with E-state index in [1.165, 1.54) is 16.7 Å². The molecule has 0 saturated carbocycles. The van der Waals surface area contributed by atoms with Crippen molar-refractivity contribution in [1.29, 1.82) is 0 Å². The average Bonchev–Trinajstić information content (AvgIpc) is 2.80. The van der Waals surface area contributed by atoms with Crippen molar-refractivity contribution >= 4 is 41.1 Å². The monoisotopic (exact) mass is 550 g/mol. The van der Waals surface area contributed by atoms with Gasteiger partial charge in [0.05, 0.1) is 0 Å². The maximum absolute atomic E-state index is 7.17. The number of aryl methyl sites for hydroxylation is 1. The predicted molar refractivity (Wildman–Crippen MR) is 132 cm³/mol. The van der Waals surface area contributed by atoms with E-state index >= 15 is 0 Å². The van der Waals surface area contributed by atoms with Gasteiger partial charge >= 0.3 is 190 Å². The molecular weight excluding hydrogens is 527 g/mol. The van der Waals surface area contributed by atoms with Gasteiger partial charge in [-0.25, -0.2) is 0 Å². The van der Waals surface area contributed by atoms with Crippen LogP contribution in [0.5, 0.6) is 5.75 Å². The molecule has 0 aliphatic heterocycles. The zero-order valence-corrected chi connectivity index (χ0v) is 20.7. The number of methoxy groups -OCH3 is 1. The van der Waals surface area contributed by atoms with Crippen LogP contribution in [0.25, 0.3) is 22.3 Å².